The molecule has 4 nitrogen and oxygen atoms in total. The Morgan fingerprint density at radius 2 is 1.81 bits per heavy atom. The molecular formula is C20H23ClF2N2O2. The van der Waals surface area contributed by atoms with E-state index in [9.17, 15) is 13.6 Å². The second-order valence-corrected chi connectivity index (χ2v) is 6.44. The zero-order valence-electron chi connectivity index (χ0n) is 15.3. The third kappa shape index (κ3) is 4.57. The van der Waals surface area contributed by atoms with Gasteiger partial charge in [-0.2, -0.15) is 0 Å². The van der Waals surface area contributed by atoms with Crippen molar-refractivity contribution in [3.63, 3.8) is 0 Å². The van der Waals surface area contributed by atoms with Crippen LogP contribution < -0.4 is 10.1 Å². The molecule has 7 heteroatoms. The van der Waals surface area contributed by atoms with Crippen LogP contribution in [0.3, 0.4) is 0 Å². The Morgan fingerprint density at radius 1 is 1.11 bits per heavy atom. The molecule has 146 valence electrons. The fourth-order valence-electron chi connectivity index (χ4n) is 3.26. The maximum Gasteiger partial charge on any atom is 0.256 e. The summed E-state index contributed by atoms with van der Waals surface area (Å²) in [6.45, 7) is 1.70. The van der Waals surface area contributed by atoms with Crippen LogP contribution in [0.4, 0.5) is 8.78 Å². The minimum Gasteiger partial charge on any atom is -0.497 e. The summed E-state index contributed by atoms with van der Waals surface area (Å²) in [5.41, 5.74) is 0.642. The number of halogens is 3. The average molecular weight is 397 g/mol. The summed E-state index contributed by atoms with van der Waals surface area (Å²) < 4.78 is 33.8. The van der Waals surface area contributed by atoms with Crippen LogP contribution >= 0.6 is 12.4 Å². The third-order valence-electron chi connectivity index (χ3n) is 4.86. The molecule has 0 radical (unpaired) electrons. The number of methoxy groups -OCH3 is 1. The van der Waals surface area contributed by atoms with Gasteiger partial charge in [-0.05, 0) is 55.8 Å². The van der Waals surface area contributed by atoms with Gasteiger partial charge in [0.15, 0.2) is 0 Å². The Hall–Kier alpha value is -2.18. The van der Waals surface area contributed by atoms with Crippen LogP contribution in [0, 0.1) is 11.6 Å². The molecule has 1 amide bonds. The number of amides is 1. The van der Waals surface area contributed by atoms with Crippen molar-refractivity contribution >= 4 is 18.3 Å². The Kier molecular flexibility index (Phi) is 7.16. The normalized spacial score (nSPS) is 14.4. The minimum absolute atomic E-state index is 0. The molecular weight excluding hydrogens is 374 g/mol. The van der Waals surface area contributed by atoms with Crippen molar-refractivity contribution in [2.75, 3.05) is 27.2 Å². The quantitative estimate of drug-likeness (QED) is 0.852. The summed E-state index contributed by atoms with van der Waals surface area (Å²) in [5.74, 6) is -1.11. The summed E-state index contributed by atoms with van der Waals surface area (Å²) in [7, 11) is 3.15. The Balaban J connectivity index is 0.00000261. The minimum atomic E-state index is -0.650. The molecule has 0 spiro atoms. The predicted molar refractivity (Wildman–Crippen MR) is 104 cm³/mol. The van der Waals surface area contributed by atoms with E-state index in [4.69, 9.17) is 4.74 Å². The summed E-state index contributed by atoms with van der Waals surface area (Å²) in [4.78, 5) is 14.2. The smallest absolute Gasteiger partial charge is 0.256 e. The number of piperidine rings is 1. The fourth-order valence-corrected chi connectivity index (χ4v) is 3.26. The second-order valence-electron chi connectivity index (χ2n) is 6.44. The van der Waals surface area contributed by atoms with Crippen molar-refractivity contribution in [1.82, 2.24) is 10.2 Å². The lowest BCUT2D eigenvalue weighted by atomic mass is 10.0. The molecule has 1 N–H and O–H groups in total. The van der Waals surface area contributed by atoms with Crippen LogP contribution in [-0.4, -0.2) is 44.1 Å². The lowest BCUT2D eigenvalue weighted by Crippen LogP contribution is -2.44. The van der Waals surface area contributed by atoms with E-state index in [0.29, 0.717) is 11.3 Å². The molecule has 27 heavy (non-hydrogen) atoms. The molecule has 0 bridgehead atoms. The van der Waals surface area contributed by atoms with Crippen molar-refractivity contribution in [2.24, 2.45) is 0 Å². The van der Waals surface area contributed by atoms with Gasteiger partial charge in [0.1, 0.15) is 17.4 Å². The SMILES string of the molecule is COc1ccc(-c2ccc(C(=O)N(C)C3CCNCC3)c(F)c2)c(F)c1.Cl. The molecule has 0 aromatic heterocycles. The molecule has 0 saturated carbocycles. The van der Waals surface area contributed by atoms with Crippen molar-refractivity contribution in [3.05, 3.63) is 53.6 Å². The number of benzene rings is 2. The van der Waals surface area contributed by atoms with Gasteiger partial charge in [-0.25, -0.2) is 8.78 Å². The van der Waals surface area contributed by atoms with E-state index >= 15 is 0 Å². The molecule has 1 aliphatic rings. The van der Waals surface area contributed by atoms with Crippen LogP contribution in [0.2, 0.25) is 0 Å². The number of hydrogen-bond donors (Lipinski definition) is 1. The second kappa shape index (κ2) is 9.15. The highest BCUT2D eigenvalue weighted by Crippen LogP contribution is 2.28. The number of hydrogen-bond acceptors (Lipinski definition) is 3. The highest BCUT2D eigenvalue weighted by atomic mass is 35.5. The van der Waals surface area contributed by atoms with Gasteiger partial charge in [-0.15, -0.1) is 12.4 Å². The van der Waals surface area contributed by atoms with E-state index in [1.54, 1.807) is 24.1 Å². The molecule has 0 aliphatic carbocycles. The number of rotatable bonds is 4. The van der Waals surface area contributed by atoms with Gasteiger partial charge in [0.2, 0.25) is 0 Å². The number of nitrogens with zero attached hydrogens (tertiary/aromatic N) is 1. The van der Waals surface area contributed by atoms with Crippen molar-refractivity contribution in [2.45, 2.75) is 18.9 Å². The van der Waals surface area contributed by atoms with Gasteiger partial charge in [0.05, 0.1) is 12.7 Å². The molecule has 0 unspecified atom stereocenters. The average Bonchev–Trinajstić information content (AvgIpc) is 2.67. The van der Waals surface area contributed by atoms with E-state index in [1.807, 2.05) is 0 Å². The van der Waals surface area contributed by atoms with Crippen molar-refractivity contribution in [1.29, 1.82) is 0 Å². The highest BCUT2D eigenvalue weighted by Gasteiger charge is 2.25. The first-order valence-corrected chi connectivity index (χ1v) is 8.62. The summed E-state index contributed by atoms with van der Waals surface area (Å²) in [6, 6.07) is 8.69. The van der Waals surface area contributed by atoms with E-state index in [0.717, 1.165) is 25.9 Å². The standard InChI is InChI=1S/C20H22F2N2O2.ClH/c1-24(14-7-9-23-10-8-14)20(25)17-5-3-13(11-18(17)21)16-6-4-15(26-2)12-19(16)22;/h3-6,11-12,14,23H,7-10H2,1-2H3;1H. The van der Waals surface area contributed by atoms with Crippen LogP contribution in [0.15, 0.2) is 36.4 Å². The van der Waals surface area contributed by atoms with Crippen LogP contribution in [0.5, 0.6) is 5.75 Å². The van der Waals surface area contributed by atoms with Crippen molar-refractivity contribution in [3.8, 4) is 16.9 Å². The number of carbonyl (C=O) groups is 1. The predicted octanol–water partition coefficient (Wildman–Crippen LogP) is 3.89. The van der Waals surface area contributed by atoms with Gasteiger partial charge in [-0.1, -0.05) is 6.07 Å². The fraction of sp³-hybridized carbons (Fsp3) is 0.350. The first-order chi connectivity index (χ1) is 12.5. The zero-order chi connectivity index (χ0) is 18.7. The third-order valence-corrected chi connectivity index (χ3v) is 4.86. The lowest BCUT2D eigenvalue weighted by molar-refractivity contribution is 0.0698. The summed E-state index contributed by atoms with van der Waals surface area (Å²) in [6.07, 6.45) is 1.69. The van der Waals surface area contributed by atoms with E-state index in [1.165, 1.54) is 31.4 Å². The lowest BCUT2D eigenvalue weighted by Gasteiger charge is -2.31. The van der Waals surface area contributed by atoms with Gasteiger partial charge < -0.3 is 15.0 Å². The molecule has 1 heterocycles. The molecule has 2 aromatic carbocycles. The van der Waals surface area contributed by atoms with E-state index < -0.39 is 11.6 Å². The number of nitrogens with one attached hydrogen (secondary N) is 1. The van der Waals surface area contributed by atoms with Gasteiger partial charge in [-0.3, -0.25) is 4.79 Å². The Morgan fingerprint density at radius 3 is 2.41 bits per heavy atom. The number of carbonyl (C=O) groups excluding carboxylic acids is 1. The number of ether oxygens (including phenoxy) is 1. The van der Waals surface area contributed by atoms with E-state index in [2.05, 4.69) is 5.32 Å². The first kappa shape index (κ1) is 21.1. The zero-order valence-corrected chi connectivity index (χ0v) is 16.1. The van der Waals surface area contributed by atoms with Crippen LogP contribution in [0.25, 0.3) is 11.1 Å². The molecule has 1 saturated heterocycles. The molecule has 3 rings (SSSR count). The van der Waals surface area contributed by atoms with Crippen LogP contribution in [0.1, 0.15) is 23.2 Å². The maximum atomic E-state index is 14.6. The first-order valence-electron chi connectivity index (χ1n) is 8.62. The van der Waals surface area contributed by atoms with E-state index in [-0.39, 0.29) is 35.5 Å². The monoisotopic (exact) mass is 396 g/mol. The molecule has 1 fully saturated rings. The van der Waals surface area contributed by atoms with Crippen molar-refractivity contribution < 1.29 is 18.3 Å². The topological polar surface area (TPSA) is 41.6 Å². The molecule has 0 atom stereocenters. The van der Waals surface area contributed by atoms with Gasteiger partial charge in [0, 0.05) is 24.7 Å². The van der Waals surface area contributed by atoms with Gasteiger partial charge in [0.25, 0.3) is 5.91 Å². The largest absolute Gasteiger partial charge is 0.497 e. The van der Waals surface area contributed by atoms with Crippen LogP contribution in [-0.2, 0) is 0 Å². The highest BCUT2D eigenvalue weighted by molar-refractivity contribution is 5.95. The molecule has 1 aliphatic heterocycles. The maximum absolute atomic E-state index is 14.6. The summed E-state index contributed by atoms with van der Waals surface area (Å²) in [5, 5.41) is 3.24. The van der Waals surface area contributed by atoms with Gasteiger partial charge >= 0.3 is 0 Å². The summed E-state index contributed by atoms with van der Waals surface area (Å²) >= 11 is 0. The Labute approximate surface area is 163 Å². The molecule has 2 aromatic rings. The Bertz CT molecular complexity index is 811.